The van der Waals surface area contributed by atoms with Gasteiger partial charge in [-0.15, -0.1) is 5.10 Å². The van der Waals surface area contributed by atoms with Crippen molar-refractivity contribution >= 4 is 25.4 Å². The van der Waals surface area contributed by atoms with E-state index < -0.39 is 25.1 Å². The largest absolute Gasteiger partial charge is 0.477 e. The van der Waals surface area contributed by atoms with Crippen LogP contribution in [0.15, 0.2) is 49.1 Å². The van der Waals surface area contributed by atoms with Crippen molar-refractivity contribution in [1.82, 2.24) is 29.4 Å². The maximum absolute atomic E-state index is 13.3. The number of phosphoric ester groups is 1. The highest BCUT2D eigenvalue weighted by atomic mass is 31.2. The van der Waals surface area contributed by atoms with Gasteiger partial charge in [0.1, 0.15) is 18.8 Å². The second-order valence-electron chi connectivity index (χ2n) is 12.7. The summed E-state index contributed by atoms with van der Waals surface area (Å²) in [5, 5.41) is 8.91. The minimum absolute atomic E-state index is 0.0882. The summed E-state index contributed by atoms with van der Waals surface area (Å²) in [4.78, 5) is 23.3. The summed E-state index contributed by atoms with van der Waals surface area (Å²) in [6.45, 7) is 14.9. The molecule has 14 heteroatoms. The number of hydrogen-bond donors (Lipinski definition) is 0. The molecule has 1 fully saturated rings. The van der Waals surface area contributed by atoms with Crippen molar-refractivity contribution in [2.24, 2.45) is 5.92 Å². The van der Waals surface area contributed by atoms with E-state index in [0.29, 0.717) is 23.9 Å². The number of benzene rings is 1. The summed E-state index contributed by atoms with van der Waals surface area (Å²) < 4.78 is 38.7. The van der Waals surface area contributed by atoms with E-state index in [4.69, 9.17) is 23.3 Å². The predicted molar refractivity (Wildman–Crippen MR) is 160 cm³/mol. The van der Waals surface area contributed by atoms with Gasteiger partial charge in [0.25, 0.3) is 0 Å². The van der Waals surface area contributed by atoms with Crippen molar-refractivity contribution in [3.05, 3.63) is 49.1 Å². The highest BCUT2D eigenvalue weighted by molar-refractivity contribution is 7.48. The van der Waals surface area contributed by atoms with Gasteiger partial charge in [-0.25, -0.2) is 28.5 Å². The molecule has 13 nitrogen and oxygen atoms in total. The summed E-state index contributed by atoms with van der Waals surface area (Å²) in [5.41, 5.74) is 1.59. The van der Waals surface area contributed by atoms with Gasteiger partial charge in [0.05, 0.1) is 23.4 Å². The molecule has 230 valence electrons. The molecular formula is C29H38N7O6P. The number of nitrogens with zero attached hydrogens (tertiary/aromatic N) is 7. The van der Waals surface area contributed by atoms with Crippen molar-refractivity contribution < 1.29 is 27.7 Å². The van der Waals surface area contributed by atoms with E-state index in [1.807, 2.05) is 24.3 Å². The lowest BCUT2D eigenvalue weighted by molar-refractivity contribution is -0.00760. The van der Waals surface area contributed by atoms with Crippen molar-refractivity contribution in [1.29, 1.82) is 0 Å². The molecule has 4 heterocycles. The van der Waals surface area contributed by atoms with Gasteiger partial charge < -0.3 is 4.74 Å². The minimum atomic E-state index is -3.90. The maximum atomic E-state index is 13.3. The Labute approximate surface area is 250 Å². The lowest BCUT2D eigenvalue weighted by atomic mass is 10.0. The van der Waals surface area contributed by atoms with Gasteiger partial charge in [-0.05, 0) is 59.1 Å². The molecule has 0 unspecified atom stereocenters. The number of carbonyl (C=O) groups excluding carboxylic acids is 1. The number of amides is 1. The molecule has 1 aliphatic heterocycles. The molecule has 0 saturated carbocycles. The molecule has 1 amide bonds. The molecular weight excluding hydrogens is 573 g/mol. The fourth-order valence-electron chi connectivity index (χ4n) is 4.55. The number of aromatic nitrogens is 6. The quantitative estimate of drug-likeness (QED) is 0.197. The van der Waals surface area contributed by atoms with E-state index in [1.165, 1.54) is 11.0 Å². The lowest BCUT2D eigenvalue weighted by Crippen LogP contribution is -2.37. The summed E-state index contributed by atoms with van der Waals surface area (Å²) in [6, 6.07) is 9.33. The zero-order valence-electron chi connectivity index (χ0n) is 25.7. The Balaban J connectivity index is 1.33. The van der Waals surface area contributed by atoms with Gasteiger partial charge in [0, 0.05) is 17.3 Å². The van der Waals surface area contributed by atoms with Crippen LogP contribution in [0.25, 0.3) is 28.2 Å². The Bertz CT molecular complexity index is 1630. The molecule has 3 aromatic heterocycles. The van der Waals surface area contributed by atoms with Crippen LogP contribution in [-0.2, 0) is 29.6 Å². The first-order valence-electron chi connectivity index (χ1n) is 14.1. The van der Waals surface area contributed by atoms with E-state index in [1.54, 1.807) is 69.4 Å². The smallest absolute Gasteiger partial charge is 0.447 e. The lowest BCUT2D eigenvalue weighted by Gasteiger charge is -2.30. The number of carbonyl (C=O) groups is 1. The highest BCUT2D eigenvalue weighted by Gasteiger charge is 2.38. The zero-order chi connectivity index (χ0) is 31.2. The van der Waals surface area contributed by atoms with Crippen LogP contribution >= 0.6 is 7.82 Å². The number of phosphoric acid groups is 1. The van der Waals surface area contributed by atoms with E-state index >= 15 is 0 Å². The van der Waals surface area contributed by atoms with Crippen LogP contribution < -0.4 is 4.90 Å². The average molecular weight is 612 g/mol. The molecule has 0 bridgehead atoms. The van der Waals surface area contributed by atoms with Crippen LogP contribution in [-0.4, -0.2) is 59.3 Å². The van der Waals surface area contributed by atoms with Gasteiger partial charge >= 0.3 is 13.9 Å². The normalized spacial score (nSPS) is 16.4. The van der Waals surface area contributed by atoms with Crippen LogP contribution in [0, 0.1) is 5.92 Å². The molecule has 4 aromatic rings. The Kier molecular flexibility index (Phi) is 8.21. The van der Waals surface area contributed by atoms with Crippen LogP contribution in [0.4, 0.5) is 10.6 Å². The van der Waals surface area contributed by atoms with Gasteiger partial charge in [-0.1, -0.05) is 38.1 Å². The van der Waals surface area contributed by atoms with Crippen molar-refractivity contribution in [2.75, 3.05) is 11.5 Å². The number of fused-ring (bicyclic) bond motifs is 1. The Morgan fingerprint density at radius 1 is 1.02 bits per heavy atom. The van der Waals surface area contributed by atoms with Crippen molar-refractivity contribution in [3.63, 3.8) is 0 Å². The van der Waals surface area contributed by atoms with E-state index in [9.17, 15) is 9.36 Å². The van der Waals surface area contributed by atoms with Crippen LogP contribution in [0.3, 0.4) is 0 Å². The third-order valence-electron chi connectivity index (χ3n) is 6.39. The predicted octanol–water partition coefficient (Wildman–Crippen LogP) is 6.35. The first-order valence-corrected chi connectivity index (χ1v) is 15.5. The third-order valence-corrected chi connectivity index (χ3v) is 8.36. The van der Waals surface area contributed by atoms with Crippen LogP contribution in [0.2, 0.25) is 0 Å². The third kappa shape index (κ3) is 7.13. The fraction of sp³-hybridized carbons (Fsp3) is 0.483. The summed E-state index contributed by atoms with van der Waals surface area (Å²) in [6.07, 6.45) is 4.62. The van der Waals surface area contributed by atoms with Gasteiger partial charge in [0.2, 0.25) is 0 Å². The molecule has 43 heavy (non-hydrogen) atoms. The second kappa shape index (κ2) is 11.5. The first kappa shape index (κ1) is 30.8. The molecule has 1 saturated heterocycles. The number of ether oxygens (including phenoxy) is 1. The van der Waals surface area contributed by atoms with E-state index in [-0.39, 0.29) is 18.7 Å². The number of hydrogen-bond acceptors (Lipinski definition) is 10. The molecule has 1 aliphatic rings. The molecule has 0 N–H and O–H groups in total. The molecule has 0 radical (unpaired) electrons. The standard InChI is InChI=1S/C29H38N7O6P/c1-19(2)23-16-39-27(37)36(23)24-13-14-35-26(32-24)22(15-31-35)20-9-11-21(12-10-20)25-30-17-34(33-25)18-40-43(38,41-28(3,4)5)42-29(6,7)8/h9-15,17,19,23H,16,18H2,1-8H3/t23-/m1/s1. The minimum Gasteiger partial charge on any atom is -0.447 e. The summed E-state index contributed by atoms with van der Waals surface area (Å²) >= 11 is 0. The SMILES string of the molecule is CC(C)[C@H]1COC(=O)N1c1ccn2ncc(-c3ccc(-c4ncn(COP(=O)(OC(C)(C)C)OC(C)(C)C)n4)cc3)c2n1. The molecule has 0 spiro atoms. The first-order chi connectivity index (χ1) is 20.1. The summed E-state index contributed by atoms with van der Waals surface area (Å²) in [7, 11) is -3.90. The van der Waals surface area contributed by atoms with Crippen molar-refractivity contribution in [2.45, 2.75) is 79.4 Å². The summed E-state index contributed by atoms with van der Waals surface area (Å²) in [5.74, 6) is 1.20. The Hall–Kier alpha value is -3.64. The highest BCUT2D eigenvalue weighted by Crippen LogP contribution is 2.55. The van der Waals surface area contributed by atoms with Crippen LogP contribution in [0.5, 0.6) is 0 Å². The second-order valence-corrected chi connectivity index (χ2v) is 14.2. The molecule has 1 atom stereocenters. The molecule has 0 aliphatic carbocycles. The Morgan fingerprint density at radius 3 is 2.30 bits per heavy atom. The monoisotopic (exact) mass is 611 g/mol. The van der Waals surface area contributed by atoms with E-state index in [2.05, 4.69) is 29.0 Å². The average Bonchev–Trinajstić information content (AvgIpc) is 3.63. The van der Waals surface area contributed by atoms with Crippen LogP contribution in [0.1, 0.15) is 55.4 Å². The van der Waals surface area contributed by atoms with Crippen molar-refractivity contribution in [3.8, 4) is 22.5 Å². The molecule has 5 rings (SSSR count). The number of cyclic esters (lactones) is 1. The van der Waals surface area contributed by atoms with Gasteiger partial charge in [0.15, 0.2) is 18.2 Å². The van der Waals surface area contributed by atoms with E-state index in [0.717, 1.165) is 16.7 Å². The van der Waals surface area contributed by atoms with Gasteiger partial charge in [-0.3, -0.25) is 18.5 Å². The Morgan fingerprint density at radius 2 is 1.67 bits per heavy atom. The number of rotatable bonds is 9. The number of anilines is 1. The zero-order valence-corrected chi connectivity index (χ0v) is 26.6. The molecule has 1 aromatic carbocycles. The fourth-order valence-corrected chi connectivity index (χ4v) is 6.29. The maximum Gasteiger partial charge on any atom is 0.477 e. The topological polar surface area (TPSA) is 135 Å². The van der Waals surface area contributed by atoms with Gasteiger partial charge in [-0.2, -0.15) is 5.10 Å².